The Balaban J connectivity index is 1.92. The second-order valence-electron chi connectivity index (χ2n) is 7.75. The first-order valence-electron chi connectivity index (χ1n) is 8.28. The second kappa shape index (κ2) is 4.84. The highest BCUT2D eigenvalue weighted by Crippen LogP contribution is 2.41. The Morgan fingerprint density at radius 3 is 2.74 bits per heavy atom. The Morgan fingerprint density at radius 2 is 2.04 bits per heavy atom. The van der Waals surface area contributed by atoms with Gasteiger partial charge in [0.25, 0.3) is 0 Å². The van der Waals surface area contributed by atoms with Gasteiger partial charge in [0.15, 0.2) is 17.2 Å². The summed E-state index contributed by atoms with van der Waals surface area (Å²) in [6.45, 7) is 12.3. The van der Waals surface area contributed by atoms with Gasteiger partial charge in [-0.2, -0.15) is 5.10 Å². The van der Waals surface area contributed by atoms with Crippen LogP contribution in [0.5, 0.6) is 5.75 Å². The molecule has 124 valence electrons. The summed E-state index contributed by atoms with van der Waals surface area (Å²) in [5.74, 6) is 2.07. The molecule has 2 aliphatic rings. The molecule has 2 aromatic heterocycles. The Labute approximate surface area is 136 Å². The van der Waals surface area contributed by atoms with Gasteiger partial charge in [0.2, 0.25) is 0 Å². The van der Waals surface area contributed by atoms with Gasteiger partial charge < -0.3 is 14.4 Å². The number of anilines is 1. The number of rotatable bonds is 1. The van der Waals surface area contributed by atoms with Crippen LogP contribution in [0.15, 0.2) is 12.4 Å². The minimum absolute atomic E-state index is 0.0566. The fourth-order valence-electron chi connectivity index (χ4n) is 3.58. The molecule has 4 rings (SSSR count). The van der Waals surface area contributed by atoms with Crippen LogP contribution in [0.3, 0.4) is 0 Å². The maximum absolute atomic E-state index is 6.17. The van der Waals surface area contributed by atoms with Crippen LogP contribution in [0, 0.1) is 0 Å². The number of hydrogen-bond acceptors (Lipinski definition) is 5. The number of fused-ring (bicyclic) bond motifs is 3. The molecule has 4 heterocycles. The van der Waals surface area contributed by atoms with Gasteiger partial charge in [0.1, 0.15) is 6.10 Å². The molecule has 0 aromatic carbocycles. The summed E-state index contributed by atoms with van der Waals surface area (Å²) in [4.78, 5) is 7.31. The average molecular weight is 316 g/mol. The van der Waals surface area contributed by atoms with Crippen LogP contribution in [0.4, 0.5) is 5.82 Å². The van der Waals surface area contributed by atoms with Gasteiger partial charge in [-0.15, -0.1) is 0 Å². The van der Waals surface area contributed by atoms with Crippen LogP contribution >= 0.6 is 0 Å². The molecule has 0 radical (unpaired) electrons. The lowest BCUT2D eigenvalue weighted by Crippen LogP contribution is -2.57. The van der Waals surface area contributed by atoms with E-state index in [1.807, 2.05) is 16.9 Å². The minimum atomic E-state index is -0.0570. The van der Waals surface area contributed by atoms with E-state index in [9.17, 15) is 0 Å². The summed E-state index contributed by atoms with van der Waals surface area (Å²) < 4.78 is 13.7. The van der Waals surface area contributed by atoms with Crippen molar-refractivity contribution >= 4 is 11.5 Å². The van der Waals surface area contributed by atoms with E-state index in [1.54, 1.807) is 0 Å². The average Bonchev–Trinajstić information content (AvgIpc) is 3.06. The summed E-state index contributed by atoms with van der Waals surface area (Å²) in [5.41, 5.74) is 2.01. The molecule has 6 heteroatoms. The second-order valence-corrected chi connectivity index (χ2v) is 7.75. The lowest BCUT2D eigenvalue weighted by molar-refractivity contribution is 0.133. The Hall–Kier alpha value is -1.82. The van der Waals surface area contributed by atoms with E-state index in [4.69, 9.17) is 14.5 Å². The summed E-state index contributed by atoms with van der Waals surface area (Å²) in [7, 11) is 0. The van der Waals surface area contributed by atoms with E-state index < -0.39 is 0 Å². The summed E-state index contributed by atoms with van der Waals surface area (Å²) >= 11 is 0. The highest BCUT2D eigenvalue weighted by molar-refractivity contribution is 5.63. The molecule has 23 heavy (non-hydrogen) atoms. The zero-order valence-electron chi connectivity index (χ0n) is 14.4. The number of nitrogens with zero attached hydrogens (tertiary/aromatic N) is 4. The Morgan fingerprint density at radius 1 is 1.26 bits per heavy atom. The van der Waals surface area contributed by atoms with Crippen molar-refractivity contribution in [2.75, 3.05) is 18.1 Å². The topological polar surface area (TPSA) is 51.9 Å². The summed E-state index contributed by atoms with van der Waals surface area (Å²) in [6.07, 6.45) is 3.92. The van der Waals surface area contributed by atoms with Crippen LogP contribution in [0.1, 0.15) is 46.1 Å². The van der Waals surface area contributed by atoms with Crippen molar-refractivity contribution in [3.63, 3.8) is 0 Å². The van der Waals surface area contributed by atoms with E-state index in [0.29, 0.717) is 19.1 Å². The molecular weight excluding hydrogens is 292 g/mol. The molecule has 0 bridgehead atoms. The van der Waals surface area contributed by atoms with Gasteiger partial charge in [-0.3, -0.25) is 0 Å². The summed E-state index contributed by atoms with van der Waals surface area (Å²) in [6, 6.07) is 0.211. The SMILES string of the molecule is CC(C)c1cnn2cc3c(nc12)N(C(C)(C)C)[C@H]1COC[C@@H]1O3. The van der Waals surface area contributed by atoms with Crippen molar-refractivity contribution in [2.24, 2.45) is 0 Å². The van der Waals surface area contributed by atoms with Crippen LogP contribution in [0.2, 0.25) is 0 Å². The first-order valence-corrected chi connectivity index (χ1v) is 8.28. The molecule has 0 unspecified atom stereocenters. The molecule has 0 aliphatic carbocycles. The monoisotopic (exact) mass is 316 g/mol. The van der Waals surface area contributed by atoms with Crippen molar-refractivity contribution in [1.82, 2.24) is 14.6 Å². The zero-order valence-corrected chi connectivity index (χ0v) is 14.4. The highest BCUT2D eigenvalue weighted by Gasteiger charge is 2.45. The summed E-state index contributed by atoms with van der Waals surface area (Å²) in [5, 5.41) is 4.45. The Kier molecular flexibility index (Phi) is 3.10. The molecule has 0 amide bonds. The van der Waals surface area contributed by atoms with Gasteiger partial charge >= 0.3 is 0 Å². The molecule has 6 nitrogen and oxygen atoms in total. The molecule has 2 aliphatic heterocycles. The van der Waals surface area contributed by atoms with Gasteiger partial charge in [-0.05, 0) is 26.7 Å². The van der Waals surface area contributed by atoms with Gasteiger partial charge in [-0.1, -0.05) is 13.8 Å². The number of hydrogen-bond donors (Lipinski definition) is 0. The fraction of sp³-hybridized carbons (Fsp3) is 0.647. The number of aromatic nitrogens is 3. The third-order valence-electron chi connectivity index (χ3n) is 4.65. The largest absolute Gasteiger partial charge is 0.480 e. The highest BCUT2D eigenvalue weighted by atomic mass is 16.6. The van der Waals surface area contributed by atoms with E-state index >= 15 is 0 Å². The molecule has 0 N–H and O–H groups in total. The van der Waals surface area contributed by atoms with Crippen molar-refractivity contribution in [3.05, 3.63) is 18.0 Å². The minimum Gasteiger partial charge on any atom is -0.480 e. The molecule has 0 spiro atoms. The molecule has 1 fully saturated rings. The Bertz CT molecular complexity index is 747. The fourth-order valence-corrected chi connectivity index (χ4v) is 3.58. The van der Waals surface area contributed by atoms with E-state index in [0.717, 1.165) is 22.8 Å². The van der Waals surface area contributed by atoms with Crippen molar-refractivity contribution in [1.29, 1.82) is 0 Å². The standard InChI is InChI=1S/C17H24N4O2/c1-10(2)11-6-18-20-7-13-16(19-15(11)20)21(17(3,4)5)12-8-22-9-14(12)23-13/h6-7,10,12,14H,8-9H2,1-5H3/t12-,14-/m0/s1. The quantitative estimate of drug-likeness (QED) is 0.809. The van der Waals surface area contributed by atoms with Crippen LogP contribution < -0.4 is 9.64 Å². The van der Waals surface area contributed by atoms with Crippen molar-refractivity contribution in [2.45, 2.75) is 58.2 Å². The van der Waals surface area contributed by atoms with Gasteiger partial charge in [0.05, 0.1) is 31.6 Å². The maximum Gasteiger partial charge on any atom is 0.180 e. The normalized spacial score (nSPS) is 24.0. The van der Waals surface area contributed by atoms with Gasteiger partial charge in [0, 0.05) is 11.1 Å². The van der Waals surface area contributed by atoms with Crippen LogP contribution in [-0.2, 0) is 4.74 Å². The van der Waals surface area contributed by atoms with Crippen molar-refractivity contribution < 1.29 is 9.47 Å². The lowest BCUT2D eigenvalue weighted by atomic mass is 9.99. The van der Waals surface area contributed by atoms with Crippen molar-refractivity contribution in [3.8, 4) is 5.75 Å². The third-order valence-corrected chi connectivity index (χ3v) is 4.65. The first kappa shape index (κ1) is 14.8. The molecule has 1 saturated heterocycles. The van der Waals surface area contributed by atoms with Crippen LogP contribution in [0.25, 0.3) is 5.65 Å². The predicted molar refractivity (Wildman–Crippen MR) is 88.3 cm³/mol. The predicted octanol–water partition coefficient (Wildman–Crippen LogP) is 2.62. The smallest absolute Gasteiger partial charge is 0.180 e. The molecule has 2 aromatic rings. The molecular formula is C17H24N4O2. The first-order chi connectivity index (χ1) is 10.9. The van der Waals surface area contributed by atoms with Gasteiger partial charge in [-0.25, -0.2) is 9.50 Å². The number of ether oxygens (including phenoxy) is 2. The van der Waals surface area contributed by atoms with E-state index in [1.165, 1.54) is 0 Å². The molecule has 0 saturated carbocycles. The van der Waals surface area contributed by atoms with E-state index in [-0.39, 0.29) is 17.7 Å². The van der Waals surface area contributed by atoms with E-state index in [2.05, 4.69) is 44.6 Å². The zero-order chi connectivity index (χ0) is 16.4. The third kappa shape index (κ3) is 2.19. The maximum atomic E-state index is 6.17. The van der Waals surface area contributed by atoms with Crippen LogP contribution in [-0.4, -0.2) is 45.5 Å². The molecule has 2 atom stereocenters. The lowest BCUT2D eigenvalue weighted by Gasteiger charge is -2.46.